The van der Waals surface area contributed by atoms with Gasteiger partial charge in [0.25, 0.3) is 0 Å². The molecule has 1 aromatic rings. The summed E-state index contributed by atoms with van der Waals surface area (Å²) < 4.78 is 37.0. The van der Waals surface area contributed by atoms with Gasteiger partial charge in [-0.05, 0) is 37.6 Å². The second kappa shape index (κ2) is 6.65. The third-order valence-electron chi connectivity index (χ3n) is 2.81. The van der Waals surface area contributed by atoms with Crippen LogP contribution >= 0.6 is 0 Å². The highest BCUT2D eigenvalue weighted by Crippen LogP contribution is 2.16. The molecule has 0 saturated carbocycles. The standard InChI is InChI=1S/C13H18FNO3S/c1-3-4-9-15-13(16)10(2)19(17,18)12-7-5-11(14)6-8-12/h5-8,10H,3-4,9H2,1-2H3,(H,15,16). The fraction of sp³-hybridized carbons (Fsp3) is 0.462. The van der Waals surface area contributed by atoms with Crippen molar-refractivity contribution in [3.05, 3.63) is 30.1 Å². The summed E-state index contributed by atoms with van der Waals surface area (Å²) in [4.78, 5) is 11.7. The first-order chi connectivity index (χ1) is 8.89. The molecule has 0 aliphatic rings. The van der Waals surface area contributed by atoms with Gasteiger partial charge in [-0.1, -0.05) is 13.3 Å². The van der Waals surface area contributed by atoms with Gasteiger partial charge in [-0.2, -0.15) is 0 Å². The lowest BCUT2D eigenvalue weighted by Gasteiger charge is -2.13. The van der Waals surface area contributed by atoms with E-state index in [9.17, 15) is 17.6 Å². The zero-order valence-electron chi connectivity index (χ0n) is 11.0. The number of nitrogens with one attached hydrogen (secondary N) is 1. The molecule has 0 saturated heterocycles. The zero-order chi connectivity index (χ0) is 14.5. The Balaban J connectivity index is 2.82. The number of carbonyl (C=O) groups excluding carboxylic acids is 1. The highest BCUT2D eigenvalue weighted by molar-refractivity contribution is 7.92. The summed E-state index contributed by atoms with van der Waals surface area (Å²) in [5.74, 6) is -1.04. The van der Waals surface area contributed by atoms with Crippen LogP contribution in [0.5, 0.6) is 0 Å². The van der Waals surface area contributed by atoms with E-state index in [0.717, 1.165) is 25.0 Å². The van der Waals surface area contributed by atoms with E-state index in [4.69, 9.17) is 0 Å². The fourth-order valence-corrected chi connectivity index (χ4v) is 2.79. The monoisotopic (exact) mass is 287 g/mol. The van der Waals surface area contributed by atoms with Crippen LogP contribution in [0.25, 0.3) is 0 Å². The smallest absolute Gasteiger partial charge is 0.238 e. The molecule has 0 aromatic heterocycles. The molecule has 0 aliphatic carbocycles. The maximum atomic E-state index is 12.8. The first-order valence-electron chi connectivity index (χ1n) is 6.16. The molecule has 1 amide bonds. The Morgan fingerprint density at radius 2 is 1.89 bits per heavy atom. The second-order valence-electron chi connectivity index (χ2n) is 4.29. The Morgan fingerprint density at radius 3 is 2.42 bits per heavy atom. The van der Waals surface area contributed by atoms with Crippen molar-refractivity contribution in [1.82, 2.24) is 5.32 Å². The number of sulfone groups is 1. The lowest BCUT2D eigenvalue weighted by atomic mass is 10.3. The molecule has 0 fully saturated rings. The molecule has 0 bridgehead atoms. The summed E-state index contributed by atoms with van der Waals surface area (Å²) in [6.45, 7) is 3.77. The van der Waals surface area contributed by atoms with Crippen LogP contribution in [0.15, 0.2) is 29.2 Å². The number of rotatable bonds is 6. The number of unbranched alkanes of at least 4 members (excludes halogenated alkanes) is 1. The minimum atomic E-state index is -3.77. The summed E-state index contributed by atoms with van der Waals surface area (Å²) >= 11 is 0. The van der Waals surface area contributed by atoms with Crippen molar-refractivity contribution < 1.29 is 17.6 Å². The second-order valence-corrected chi connectivity index (χ2v) is 6.55. The van der Waals surface area contributed by atoms with Crippen LogP contribution in [-0.2, 0) is 14.6 Å². The summed E-state index contributed by atoms with van der Waals surface area (Å²) in [5, 5.41) is 1.39. The summed E-state index contributed by atoms with van der Waals surface area (Å²) in [7, 11) is -3.77. The molecular weight excluding hydrogens is 269 g/mol. The third kappa shape index (κ3) is 4.02. The van der Waals surface area contributed by atoms with Crippen molar-refractivity contribution in [3.63, 3.8) is 0 Å². The molecule has 1 N–H and O–H groups in total. The van der Waals surface area contributed by atoms with Crippen molar-refractivity contribution in [2.24, 2.45) is 0 Å². The molecule has 0 radical (unpaired) electrons. The fourth-order valence-electron chi connectivity index (χ4n) is 1.50. The number of benzene rings is 1. The van der Waals surface area contributed by atoms with Crippen molar-refractivity contribution in [2.75, 3.05) is 6.54 Å². The predicted octanol–water partition coefficient (Wildman–Crippen LogP) is 1.90. The van der Waals surface area contributed by atoms with Crippen LogP contribution < -0.4 is 5.32 Å². The Labute approximate surface area is 112 Å². The van der Waals surface area contributed by atoms with Crippen molar-refractivity contribution in [2.45, 2.75) is 36.8 Å². The lowest BCUT2D eigenvalue weighted by molar-refractivity contribution is -0.120. The van der Waals surface area contributed by atoms with Gasteiger partial charge in [0.2, 0.25) is 5.91 Å². The van der Waals surface area contributed by atoms with Gasteiger partial charge < -0.3 is 5.32 Å². The first kappa shape index (κ1) is 15.6. The molecule has 19 heavy (non-hydrogen) atoms. The summed E-state index contributed by atoms with van der Waals surface area (Å²) in [5.41, 5.74) is 0. The van der Waals surface area contributed by atoms with E-state index < -0.39 is 26.8 Å². The number of amides is 1. The normalized spacial score (nSPS) is 13.0. The maximum Gasteiger partial charge on any atom is 0.238 e. The van der Waals surface area contributed by atoms with Crippen LogP contribution in [0.3, 0.4) is 0 Å². The minimum Gasteiger partial charge on any atom is -0.355 e. The Morgan fingerprint density at radius 1 is 1.32 bits per heavy atom. The molecule has 4 nitrogen and oxygen atoms in total. The molecule has 0 heterocycles. The van der Waals surface area contributed by atoms with E-state index >= 15 is 0 Å². The molecule has 0 spiro atoms. The number of hydrogen-bond donors (Lipinski definition) is 1. The average molecular weight is 287 g/mol. The Hall–Kier alpha value is -1.43. The molecule has 106 valence electrons. The maximum absolute atomic E-state index is 12.8. The molecule has 1 rings (SSSR count). The summed E-state index contributed by atoms with van der Waals surface area (Å²) in [6, 6.07) is 4.46. The lowest BCUT2D eigenvalue weighted by Crippen LogP contribution is -2.38. The molecule has 1 unspecified atom stereocenters. The SMILES string of the molecule is CCCCNC(=O)C(C)S(=O)(=O)c1ccc(F)cc1. The van der Waals surface area contributed by atoms with Gasteiger partial charge >= 0.3 is 0 Å². The van der Waals surface area contributed by atoms with Crippen molar-refractivity contribution in [1.29, 1.82) is 0 Å². The van der Waals surface area contributed by atoms with E-state index in [1.807, 2.05) is 6.92 Å². The minimum absolute atomic E-state index is 0.0490. The topological polar surface area (TPSA) is 63.2 Å². The van der Waals surface area contributed by atoms with Crippen molar-refractivity contribution in [3.8, 4) is 0 Å². The molecule has 6 heteroatoms. The van der Waals surface area contributed by atoms with Gasteiger partial charge in [0.15, 0.2) is 9.84 Å². The molecular formula is C13H18FNO3S. The Bertz CT molecular complexity index is 525. The van der Waals surface area contributed by atoms with E-state index in [1.165, 1.54) is 19.1 Å². The predicted molar refractivity (Wildman–Crippen MR) is 71.0 cm³/mol. The van der Waals surface area contributed by atoms with E-state index in [2.05, 4.69) is 5.32 Å². The van der Waals surface area contributed by atoms with Crippen LogP contribution in [0.2, 0.25) is 0 Å². The average Bonchev–Trinajstić information content (AvgIpc) is 2.38. The number of hydrogen-bond acceptors (Lipinski definition) is 3. The van der Waals surface area contributed by atoms with Gasteiger partial charge in [0, 0.05) is 6.54 Å². The van der Waals surface area contributed by atoms with Crippen LogP contribution in [0, 0.1) is 5.82 Å². The van der Waals surface area contributed by atoms with Crippen molar-refractivity contribution >= 4 is 15.7 Å². The highest BCUT2D eigenvalue weighted by atomic mass is 32.2. The highest BCUT2D eigenvalue weighted by Gasteiger charge is 2.29. The van der Waals surface area contributed by atoms with Gasteiger partial charge in [0.1, 0.15) is 11.1 Å². The number of carbonyl (C=O) groups is 1. The van der Waals surface area contributed by atoms with Crippen LogP contribution in [0.4, 0.5) is 4.39 Å². The Kier molecular flexibility index (Phi) is 5.47. The van der Waals surface area contributed by atoms with Gasteiger partial charge in [-0.15, -0.1) is 0 Å². The largest absolute Gasteiger partial charge is 0.355 e. The van der Waals surface area contributed by atoms with E-state index in [-0.39, 0.29) is 4.90 Å². The van der Waals surface area contributed by atoms with Gasteiger partial charge in [-0.25, -0.2) is 12.8 Å². The molecule has 1 atom stereocenters. The van der Waals surface area contributed by atoms with Gasteiger partial charge in [-0.3, -0.25) is 4.79 Å². The third-order valence-corrected chi connectivity index (χ3v) is 4.88. The first-order valence-corrected chi connectivity index (χ1v) is 7.71. The van der Waals surface area contributed by atoms with Crippen LogP contribution in [-0.4, -0.2) is 26.1 Å². The molecule has 0 aliphatic heterocycles. The quantitative estimate of drug-likeness (QED) is 0.642. The van der Waals surface area contributed by atoms with E-state index in [1.54, 1.807) is 0 Å². The van der Waals surface area contributed by atoms with E-state index in [0.29, 0.717) is 6.54 Å². The zero-order valence-corrected chi connectivity index (χ0v) is 11.8. The van der Waals surface area contributed by atoms with Gasteiger partial charge in [0.05, 0.1) is 4.90 Å². The van der Waals surface area contributed by atoms with Crippen LogP contribution in [0.1, 0.15) is 26.7 Å². The number of halogens is 1. The summed E-state index contributed by atoms with van der Waals surface area (Å²) in [6.07, 6.45) is 1.72. The molecule has 1 aromatic carbocycles.